The number of aryl methyl sites for hydroxylation is 1. The molecule has 1 atom stereocenters. The van der Waals surface area contributed by atoms with Crippen LogP contribution in [0.1, 0.15) is 75.1 Å². The Labute approximate surface area is 327 Å². The van der Waals surface area contributed by atoms with Crippen molar-refractivity contribution in [3.8, 4) is 27.9 Å². The van der Waals surface area contributed by atoms with Crippen LogP contribution in [0, 0.1) is 6.92 Å². The van der Waals surface area contributed by atoms with Crippen molar-refractivity contribution in [2.75, 3.05) is 0 Å². The minimum Gasteiger partial charge on any atom is -0.309 e. The number of para-hydroxylation sites is 1. The highest BCUT2D eigenvalue weighted by Crippen LogP contribution is 2.48. The smallest absolute Gasteiger partial charge is 0.0544 e. The Kier molecular flexibility index (Phi) is 10.1. The Morgan fingerprint density at radius 1 is 0.618 bits per heavy atom. The summed E-state index contributed by atoms with van der Waals surface area (Å²) < 4.78 is 2.41. The largest absolute Gasteiger partial charge is 0.309 e. The summed E-state index contributed by atoms with van der Waals surface area (Å²) in [6, 6.07) is 50.8. The predicted octanol–water partition coefficient (Wildman–Crippen LogP) is 15.0. The summed E-state index contributed by atoms with van der Waals surface area (Å²) in [5.41, 5.74) is 17.7. The molecule has 3 aliphatic carbocycles. The van der Waals surface area contributed by atoms with Crippen LogP contribution in [0.5, 0.6) is 0 Å². The third-order valence-electron chi connectivity index (χ3n) is 11.6. The molecule has 0 spiro atoms. The summed E-state index contributed by atoms with van der Waals surface area (Å²) in [4.78, 5) is 0. The summed E-state index contributed by atoms with van der Waals surface area (Å²) in [7, 11) is 0. The van der Waals surface area contributed by atoms with Crippen LogP contribution in [0.3, 0.4) is 0 Å². The third kappa shape index (κ3) is 7.32. The molecule has 1 nitrogen and oxygen atoms in total. The number of nitrogens with zero attached hydrogens (tertiary/aromatic N) is 1. The van der Waals surface area contributed by atoms with E-state index >= 15 is 0 Å². The van der Waals surface area contributed by atoms with Crippen LogP contribution in [-0.4, -0.2) is 4.57 Å². The molecule has 0 bridgehead atoms. The lowest BCUT2D eigenvalue weighted by Crippen LogP contribution is -2.14. The van der Waals surface area contributed by atoms with Crippen molar-refractivity contribution in [3.05, 3.63) is 209 Å². The molecular weight excluding hydrogens is 663 g/mol. The van der Waals surface area contributed by atoms with Gasteiger partial charge >= 0.3 is 0 Å². The zero-order chi connectivity index (χ0) is 37.9. The van der Waals surface area contributed by atoms with Crippen molar-refractivity contribution in [2.24, 2.45) is 0 Å². The zero-order valence-corrected chi connectivity index (χ0v) is 32.9. The maximum absolute atomic E-state index is 2.41. The van der Waals surface area contributed by atoms with Crippen LogP contribution in [0.15, 0.2) is 187 Å². The molecule has 0 fully saturated rings. The van der Waals surface area contributed by atoms with Gasteiger partial charge in [0.25, 0.3) is 0 Å². The second-order valence-electron chi connectivity index (χ2n) is 15.9. The predicted molar refractivity (Wildman–Crippen MR) is 237 cm³/mol. The van der Waals surface area contributed by atoms with E-state index in [4.69, 9.17) is 0 Å². The molecule has 7 aromatic rings. The number of benzene rings is 6. The van der Waals surface area contributed by atoms with E-state index in [0.717, 1.165) is 6.42 Å². The first-order chi connectivity index (χ1) is 26.8. The van der Waals surface area contributed by atoms with Gasteiger partial charge in [-0.1, -0.05) is 182 Å². The number of allylic oxidation sites excluding steroid dienone is 8. The van der Waals surface area contributed by atoms with Crippen molar-refractivity contribution in [1.82, 2.24) is 4.57 Å². The number of hydrogen-bond acceptors (Lipinski definition) is 0. The third-order valence-corrected chi connectivity index (χ3v) is 11.6. The van der Waals surface area contributed by atoms with Gasteiger partial charge in [0.15, 0.2) is 0 Å². The Morgan fingerprint density at radius 2 is 1.33 bits per heavy atom. The van der Waals surface area contributed by atoms with E-state index in [1.54, 1.807) is 0 Å². The van der Waals surface area contributed by atoms with Crippen molar-refractivity contribution < 1.29 is 0 Å². The monoisotopic (exact) mass is 713 g/mol. The van der Waals surface area contributed by atoms with Gasteiger partial charge in [-0.15, -0.1) is 0 Å². The standard InChI is InChI=1S/C31H25N.C16H16.C7H10/c1-22-11-13-25(14-12-22)26-17-20-29-28-9-5-6-10-30(28)32(31(29)21-26)27-18-15-24(16-19-27)23-7-3-2-4-8-23;1-11-8-9-15-13(10-11)12-6-4-5-7-14(12)16(15,2)3;1-7-5-3-2-4-6-7/h2-13,15-21,25H,14H2,1H3;4-10H,1-3H3;2-3,5H,4,6H2,1H3. The zero-order valence-electron chi connectivity index (χ0n) is 32.9. The molecule has 0 saturated heterocycles. The fourth-order valence-electron chi connectivity index (χ4n) is 8.46. The summed E-state index contributed by atoms with van der Waals surface area (Å²) in [5.74, 6) is 0.440. The Hall–Kier alpha value is -5.92. The van der Waals surface area contributed by atoms with Crippen molar-refractivity contribution >= 4 is 21.8 Å². The van der Waals surface area contributed by atoms with Gasteiger partial charge in [-0.2, -0.15) is 0 Å². The molecule has 0 saturated carbocycles. The molecule has 1 aromatic heterocycles. The lowest BCUT2D eigenvalue weighted by atomic mass is 9.82. The lowest BCUT2D eigenvalue weighted by Gasteiger charge is -2.21. The fourth-order valence-corrected chi connectivity index (χ4v) is 8.46. The summed E-state index contributed by atoms with van der Waals surface area (Å²) in [6.45, 7) is 11.1. The second-order valence-corrected chi connectivity index (χ2v) is 15.9. The van der Waals surface area contributed by atoms with Crippen molar-refractivity contribution in [2.45, 2.75) is 65.2 Å². The summed E-state index contributed by atoms with van der Waals surface area (Å²) in [5, 5.41) is 2.61. The molecule has 0 aliphatic heterocycles. The van der Waals surface area contributed by atoms with Gasteiger partial charge in [-0.3, -0.25) is 0 Å². The van der Waals surface area contributed by atoms with E-state index in [-0.39, 0.29) is 5.41 Å². The number of fused-ring (bicyclic) bond motifs is 6. The maximum Gasteiger partial charge on any atom is 0.0544 e. The average molecular weight is 714 g/mol. The quantitative estimate of drug-likeness (QED) is 0.172. The molecule has 3 aliphatic rings. The topological polar surface area (TPSA) is 4.93 Å². The number of hydrogen-bond donors (Lipinski definition) is 0. The Morgan fingerprint density at radius 3 is 2.05 bits per heavy atom. The summed E-state index contributed by atoms with van der Waals surface area (Å²) in [6.07, 6.45) is 17.0. The van der Waals surface area contributed by atoms with E-state index in [1.807, 2.05) is 0 Å². The molecule has 6 aromatic carbocycles. The molecule has 10 rings (SSSR count). The maximum atomic E-state index is 2.41. The Balaban J connectivity index is 0.000000153. The highest BCUT2D eigenvalue weighted by Gasteiger charge is 2.34. The molecule has 1 heterocycles. The van der Waals surface area contributed by atoms with E-state index in [9.17, 15) is 0 Å². The average Bonchev–Trinajstić information content (AvgIpc) is 3.67. The molecule has 1 heteroatoms. The van der Waals surface area contributed by atoms with Crippen LogP contribution in [0.2, 0.25) is 0 Å². The molecule has 1 unspecified atom stereocenters. The van der Waals surface area contributed by atoms with Crippen molar-refractivity contribution in [3.63, 3.8) is 0 Å². The SMILES string of the molecule is CC1=CC=CCC1.CC1=CCC(c2ccc3c4ccccc4n(-c4ccc(-c5ccccc5)cc4)c3c2)C=C1.Cc1ccc2c(c1)-c1ccccc1C2(C)C. The van der Waals surface area contributed by atoms with Crippen LogP contribution in [0.25, 0.3) is 49.7 Å². The highest BCUT2D eigenvalue weighted by atomic mass is 15.0. The van der Waals surface area contributed by atoms with Gasteiger partial charge in [-0.25, -0.2) is 0 Å². The molecule has 272 valence electrons. The number of rotatable bonds is 3. The minimum absolute atomic E-state index is 0.152. The van der Waals surface area contributed by atoms with Crippen LogP contribution >= 0.6 is 0 Å². The summed E-state index contributed by atoms with van der Waals surface area (Å²) >= 11 is 0. The van der Waals surface area contributed by atoms with E-state index < -0.39 is 0 Å². The van der Waals surface area contributed by atoms with E-state index in [0.29, 0.717) is 5.92 Å². The normalized spacial score (nSPS) is 16.3. The number of aromatic nitrogens is 1. The molecular formula is C54H51N. The van der Waals surface area contributed by atoms with E-state index in [1.165, 1.54) is 96.0 Å². The first kappa shape index (κ1) is 36.1. The lowest BCUT2D eigenvalue weighted by molar-refractivity contribution is 0.660. The van der Waals surface area contributed by atoms with Crippen LogP contribution < -0.4 is 0 Å². The van der Waals surface area contributed by atoms with Crippen LogP contribution in [-0.2, 0) is 5.41 Å². The molecule has 0 amide bonds. The minimum atomic E-state index is 0.152. The van der Waals surface area contributed by atoms with Gasteiger partial charge in [0, 0.05) is 27.8 Å². The first-order valence-corrected chi connectivity index (χ1v) is 19.8. The van der Waals surface area contributed by atoms with Gasteiger partial charge in [0.1, 0.15) is 0 Å². The second kappa shape index (κ2) is 15.4. The van der Waals surface area contributed by atoms with Crippen molar-refractivity contribution in [1.29, 1.82) is 0 Å². The first-order valence-electron chi connectivity index (χ1n) is 19.8. The van der Waals surface area contributed by atoms with Gasteiger partial charge < -0.3 is 4.57 Å². The van der Waals surface area contributed by atoms with Gasteiger partial charge in [0.2, 0.25) is 0 Å². The molecule has 55 heavy (non-hydrogen) atoms. The molecule has 0 N–H and O–H groups in total. The van der Waals surface area contributed by atoms with Gasteiger partial charge in [0.05, 0.1) is 11.0 Å². The fraction of sp³-hybridized carbons (Fsp3) is 0.185. The highest BCUT2D eigenvalue weighted by molar-refractivity contribution is 6.09. The van der Waals surface area contributed by atoms with Gasteiger partial charge in [-0.05, 0) is 103 Å². The van der Waals surface area contributed by atoms with E-state index in [2.05, 4.69) is 215 Å². The molecule has 0 radical (unpaired) electrons. The Bertz CT molecular complexity index is 2600. The van der Waals surface area contributed by atoms with Crippen LogP contribution in [0.4, 0.5) is 0 Å².